The van der Waals surface area contributed by atoms with Crippen molar-refractivity contribution < 1.29 is 0 Å². The number of halogens is 5. The van der Waals surface area contributed by atoms with Crippen LogP contribution in [0.15, 0.2) is 18.7 Å². The molecule has 7 heteroatoms. The van der Waals surface area contributed by atoms with Crippen LogP contribution in [-0.4, -0.2) is 19.2 Å². The summed E-state index contributed by atoms with van der Waals surface area (Å²) in [6, 6.07) is 0. The van der Waals surface area contributed by atoms with E-state index in [1.807, 2.05) is 17.8 Å². The van der Waals surface area contributed by atoms with Crippen LogP contribution >= 0.6 is 63.4 Å². The van der Waals surface area contributed by atoms with E-state index < -0.39 is 3.79 Å². The Labute approximate surface area is 108 Å². The maximum Gasteiger partial charge on any atom is 0.203 e. The summed E-state index contributed by atoms with van der Waals surface area (Å²) < 4.78 is 0.613. The molecule has 0 aliphatic heterocycles. The minimum absolute atomic E-state index is 0. The second-order valence-electron chi connectivity index (χ2n) is 1.98. The Morgan fingerprint density at radius 2 is 1.85 bits per heavy atom. The molecular weight excluding hydrogens is 322 g/mol. The van der Waals surface area contributed by atoms with E-state index >= 15 is 0 Å². The Hall–Kier alpha value is 0.850. The van der Waals surface area contributed by atoms with Gasteiger partial charge in [0.15, 0.2) is 0 Å². The Morgan fingerprint density at radius 1 is 1.38 bits per heavy atom. The maximum absolute atomic E-state index is 5.12. The number of hydrogen-bond donors (Lipinski definition) is 0. The third kappa shape index (κ3) is 12.8. The minimum Gasteiger partial charge on any atom is -0.341 e. The average Bonchev–Trinajstić information content (AvgIpc) is 2.39. The summed E-state index contributed by atoms with van der Waals surface area (Å²) in [5, 5.41) is 0. The van der Waals surface area contributed by atoms with Crippen molar-refractivity contribution in [3.63, 3.8) is 0 Å². The highest BCUT2D eigenvalue weighted by atomic mass is 79.9. The molecule has 1 heterocycles. The van der Waals surface area contributed by atoms with Crippen molar-refractivity contribution in [1.82, 2.24) is 9.55 Å². The minimum atomic E-state index is -1.28. The van der Waals surface area contributed by atoms with Crippen LogP contribution in [0.1, 0.15) is 0 Å². The van der Waals surface area contributed by atoms with Crippen LogP contribution in [0.25, 0.3) is 0 Å². The molecule has 0 bridgehead atoms. The van der Waals surface area contributed by atoms with Gasteiger partial charge in [-0.2, -0.15) is 0 Å². The first-order valence-corrected chi connectivity index (χ1v) is 4.67. The van der Waals surface area contributed by atoms with Gasteiger partial charge in [-0.05, 0) is 0 Å². The Balaban J connectivity index is 0. The standard InChI is InChI=1S/C4H6N2.C2H2Cl4.BrH/c1-6-3-2-5-4-6;3-1-2(4,5)6;/h2-4H,1H3;1H2;1H. The third-order valence-electron chi connectivity index (χ3n) is 0.788. The second-order valence-corrected chi connectivity index (χ2v) is 4.76. The van der Waals surface area contributed by atoms with Crippen molar-refractivity contribution in [2.45, 2.75) is 3.79 Å². The van der Waals surface area contributed by atoms with Crippen molar-refractivity contribution in [2.24, 2.45) is 7.05 Å². The molecule has 0 aliphatic rings. The summed E-state index contributed by atoms with van der Waals surface area (Å²) in [7, 11) is 1.94. The van der Waals surface area contributed by atoms with Gasteiger partial charge in [-0.3, -0.25) is 0 Å². The number of alkyl halides is 4. The fraction of sp³-hybridized carbons (Fsp3) is 0.500. The SMILES string of the molecule is Br.ClCC(Cl)(Cl)Cl.Cn1ccnc1. The number of hydrogen-bond acceptors (Lipinski definition) is 1. The van der Waals surface area contributed by atoms with Gasteiger partial charge in [0.05, 0.1) is 12.2 Å². The summed E-state index contributed by atoms with van der Waals surface area (Å²) in [5.41, 5.74) is 0. The lowest BCUT2D eigenvalue weighted by molar-refractivity contribution is 0.913. The van der Waals surface area contributed by atoms with Gasteiger partial charge in [0.2, 0.25) is 3.79 Å². The van der Waals surface area contributed by atoms with Crippen LogP contribution in [0.3, 0.4) is 0 Å². The molecule has 0 atom stereocenters. The second kappa shape index (κ2) is 8.18. The molecular formula is C6H9BrCl4N2. The van der Waals surface area contributed by atoms with Crippen LogP contribution in [0.4, 0.5) is 0 Å². The molecule has 1 aromatic rings. The van der Waals surface area contributed by atoms with Gasteiger partial charge in [0.25, 0.3) is 0 Å². The Morgan fingerprint density at radius 3 is 1.92 bits per heavy atom. The first-order chi connectivity index (χ1) is 5.45. The molecule has 0 aliphatic carbocycles. The molecule has 0 saturated heterocycles. The summed E-state index contributed by atoms with van der Waals surface area (Å²) in [4.78, 5) is 3.78. The third-order valence-corrected chi connectivity index (χ3v) is 2.00. The first kappa shape index (κ1) is 16.3. The van der Waals surface area contributed by atoms with E-state index in [0.717, 1.165) is 0 Å². The van der Waals surface area contributed by atoms with Gasteiger partial charge in [0, 0.05) is 19.4 Å². The van der Waals surface area contributed by atoms with E-state index in [0.29, 0.717) is 0 Å². The molecule has 0 amide bonds. The molecule has 1 aromatic heterocycles. The number of rotatable bonds is 0. The van der Waals surface area contributed by atoms with E-state index in [-0.39, 0.29) is 22.9 Å². The molecule has 0 aromatic carbocycles. The Bertz CT molecular complexity index is 197. The van der Waals surface area contributed by atoms with Crippen LogP contribution in [0.2, 0.25) is 0 Å². The van der Waals surface area contributed by atoms with Crippen LogP contribution < -0.4 is 0 Å². The fourth-order valence-corrected chi connectivity index (χ4v) is 0.326. The molecule has 0 saturated carbocycles. The van der Waals surface area contributed by atoms with E-state index in [9.17, 15) is 0 Å². The summed E-state index contributed by atoms with van der Waals surface area (Å²) in [5.74, 6) is 0.0394. The van der Waals surface area contributed by atoms with E-state index in [2.05, 4.69) is 4.98 Å². The lowest BCUT2D eigenvalue weighted by Gasteiger charge is -2.00. The average molecular weight is 331 g/mol. The zero-order chi connectivity index (χ0) is 9.61. The highest BCUT2D eigenvalue weighted by Crippen LogP contribution is 2.26. The summed E-state index contributed by atoms with van der Waals surface area (Å²) in [6.07, 6.45) is 5.39. The number of aryl methyl sites for hydroxylation is 1. The van der Waals surface area contributed by atoms with Crippen LogP contribution in [-0.2, 0) is 7.05 Å². The summed E-state index contributed by atoms with van der Waals surface area (Å²) >= 11 is 20.4. The lowest BCUT2D eigenvalue weighted by atomic mass is 10.9. The normalized spacial score (nSPS) is 9.62. The van der Waals surface area contributed by atoms with Gasteiger partial charge in [-0.25, -0.2) is 4.98 Å². The van der Waals surface area contributed by atoms with Gasteiger partial charge in [-0.15, -0.1) is 28.6 Å². The molecule has 0 radical (unpaired) electrons. The van der Waals surface area contributed by atoms with Crippen LogP contribution in [0, 0.1) is 0 Å². The molecule has 0 unspecified atom stereocenters. The molecule has 1 rings (SSSR count). The quantitative estimate of drug-likeness (QED) is 0.665. The smallest absolute Gasteiger partial charge is 0.203 e. The van der Waals surface area contributed by atoms with Gasteiger partial charge >= 0.3 is 0 Å². The monoisotopic (exact) mass is 328 g/mol. The van der Waals surface area contributed by atoms with Crippen molar-refractivity contribution >= 4 is 63.4 Å². The topological polar surface area (TPSA) is 17.8 Å². The predicted octanol–water partition coefficient (Wildman–Crippen LogP) is 3.59. The predicted molar refractivity (Wildman–Crippen MR) is 64.5 cm³/mol. The maximum atomic E-state index is 5.12. The van der Waals surface area contributed by atoms with E-state index in [1.54, 1.807) is 12.5 Å². The Kier molecular flexibility index (Phi) is 10.3. The molecule has 0 N–H and O–H groups in total. The lowest BCUT2D eigenvalue weighted by Crippen LogP contribution is -2.01. The summed E-state index contributed by atoms with van der Waals surface area (Å²) in [6.45, 7) is 0. The number of imidazole rings is 1. The van der Waals surface area contributed by atoms with E-state index in [1.165, 1.54) is 0 Å². The number of nitrogens with zero attached hydrogens (tertiary/aromatic N) is 2. The van der Waals surface area contributed by atoms with Crippen LogP contribution in [0.5, 0.6) is 0 Å². The first-order valence-electron chi connectivity index (χ1n) is 3.00. The molecule has 13 heavy (non-hydrogen) atoms. The van der Waals surface area contributed by atoms with Gasteiger partial charge < -0.3 is 4.57 Å². The van der Waals surface area contributed by atoms with Crippen molar-refractivity contribution in [1.29, 1.82) is 0 Å². The van der Waals surface area contributed by atoms with Gasteiger partial charge in [0.1, 0.15) is 0 Å². The largest absolute Gasteiger partial charge is 0.341 e. The molecule has 0 fully saturated rings. The zero-order valence-corrected chi connectivity index (χ0v) is 11.5. The fourth-order valence-electron chi connectivity index (χ4n) is 0.326. The number of aromatic nitrogens is 2. The highest BCUT2D eigenvalue weighted by Gasteiger charge is 2.16. The highest BCUT2D eigenvalue weighted by molar-refractivity contribution is 8.93. The van der Waals surface area contributed by atoms with Crippen molar-refractivity contribution in [3.8, 4) is 0 Å². The molecule has 2 nitrogen and oxygen atoms in total. The molecule has 0 spiro atoms. The van der Waals surface area contributed by atoms with E-state index in [4.69, 9.17) is 46.4 Å². The van der Waals surface area contributed by atoms with Crippen molar-refractivity contribution in [2.75, 3.05) is 5.88 Å². The van der Waals surface area contributed by atoms with Crippen molar-refractivity contribution in [3.05, 3.63) is 18.7 Å². The zero-order valence-electron chi connectivity index (χ0n) is 6.75. The van der Waals surface area contributed by atoms with Gasteiger partial charge in [-0.1, -0.05) is 34.8 Å². The molecule has 78 valence electrons.